The fourth-order valence-corrected chi connectivity index (χ4v) is 3.72. The number of piperidine rings is 1. The molecule has 1 aliphatic rings. The summed E-state index contributed by atoms with van der Waals surface area (Å²) in [5, 5.41) is 7.96. The maximum absolute atomic E-state index is 12.8. The molecule has 1 saturated heterocycles. The van der Waals surface area contributed by atoms with Gasteiger partial charge < -0.3 is 14.8 Å². The lowest BCUT2D eigenvalue weighted by Gasteiger charge is -2.42. The quantitative estimate of drug-likeness (QED) is 0.751. The maximum atomic E-state index is 12.8. The minimum atomic E-state index is -0.0193. The molecule has 2 atom stereocenters. The Morgan fingerprint density at radius 2 is 2.23 bits per heavy atom. The Bertz CT molecular complexity index is 930. The number of nitrogens with zero attached hydrogens (tertiary/aromatic N) is 5. The van der Waals surface area contributed by atoms with Crippen LogP contribution in [0, 0.1) is 12.8 Å². The number of aromatic amines is 2. The van der Waals surface area contributed by atoms with Gasteiger partial charge in [-0.3, -0.25) is 9.89 Å². The number of anilines is 1. The molecule has 4 heterocycles. The molecule has 0 aromatic carbocycles. The molecule has 0 aliphatic carbocycles. The number of hydrogen-bond donors (Lipinski definition) is 2. The SMILES string of the molecule is Cc1cc(C(=O)N2CCC(C)C(N(C)c3ncnc4[nH]ccc34)C2)n[nH]1. The first-order chi connectivity index (χ1) is 12.5. The predicted octanol–water partition coefficient (Wildman–Crippen LogP) is 1.98. The van der Waals surface area contributed by atoms with Gasteiger partial charge in [0.15, 0.2) is 0 Å². The molecule has 0 saturated carbocycles. The van der Waals surface area contributed by atoms with Crippen molar-refractivity contribution in [3.05, 3.63) is 36.0 Å². The van der Waals surface area contributed by atoms with Gasteiger partial charge in [-0.25, -0.2) is 9.97 Å². The zero-order chi connectivity index (χ0) is 18.3. The first-order valence-electron chi connectivity index (χ1n) is 8.87. The van der Waals surface area contributed by atoms with Gasteiger partial charge in [0.05, 0.1) is 11.4 Å². The van der Waals surface area contributed by atoms with Crippen molar-refractivity contribution >= 4 is 22.8 Å². The van der Waals surface area contributed by atoms with Crippen LogP contribution in [-0.4, -0.2) is 62.1 Å². The van der Waals surface area contributed by atoms with Gasteiger partial charge in [0.1, 0.15) is 23.5 Å². The molecule has 2 N–H and O–H groups in total. The van der Waals surface area contributed by atoms with Crippen LogP contribution in [0.4, 0.5) is 5.82 Å². The topological polar surface area (TPSA) is 93.8 Å². The largest absolute Gasteiger partial charge is 0.354 e. The number of aromatic nitrogens is 5. The molecule has 1 aliphatic heterocycles. The van der Waals surface area contributed by atoms with Crippen LogP contribution in [0.3, 0.4) is 0 Å². The monoisotopic (exact) mass is 353 g/mol. The van der Waals surface area contributed by atoms with Crippen molar-refractivity contribution in [2.45, 2.75) is 26.3 Å². The Balaban J connectivity index is 1.58. The molecule has 0 radical (unpaired) electrons. The van der Waals surface area contributed by atoms with Gasteiger partial charge in [0, 0.05) is 32.0 Å². The van der Waals surface area contributed by atoms with Gasteiger partial charge in [-0.2, -0.15) is 5.10 Å². The maximum Gasteiger partial charge on any atom is 0.274 e. The van der Waals surface area contributed by atoms with Gasteiger partial charge in [-0.1, -0.05) is 6.92 Å². The van der Waals surface area contributed by atoms with E-state index in [0.717, 1.165) is 35.5 Å². The van der Waals surface area contributed by atoms with Crippen molar-refractivity contribution in [3.63, 3.8) is 0 Å². The summed E-state index contributed by atoms with van der Waals surface area (Å²) in [6.45, 7) is 5.53. The second-order valence-electron chi connectivity index (χ2n) is 7.07. The van der Waals surface area contributed by atoms with E-state index in [0.29, 0.717) is 18.2 Å². The minimum absolute atomic E-state index is 0.0193. The van der Waals surface area contributed by atoms with E-state index in [2.05, 4.69) is 37.0 Å². The van der Waals surface area contributed by atoms with Gasteiger partial charge in [0.25, 0.3) is 5.91 Å². The summed E-state index contributed by atoms with van der Waals surface area (Å²) in [6, 6.07) is 3.97. The summed E-state index contributed by atoms with van der Waals surface area (Å²) in [5.41, 5.74) is 2.20. The first kappa shape index (κ1) is 16.6. The zero-order valence-electron chi connectivity index (χ0n) is 15.2. The van der Waals surface area contributed by atoms with E-state index in [1.54, 1.807) is 12.4 Å². The van der Waals surface area contributed by atoms with Crippen LogP contribution in [0.5, 0.6) is 0 Å². The Kier molecular flexibility index (Phi) is 4.10. The number of likely N-dealkylation sites (tertiary alicyclic amines) is 1. The molecule has 0 bridgehead atoms. The number of likely N-dealkylation sites (N-methyl/N-ethyl adjacent to an activating group) is 1. The number of H-pyrrole nitrogens is 2. The van der Waals surface area contributed by atoms with Crippen LogP contribution in [-0.2, 0) is 0 Å². The predicted molar refractivity (Wildman–Crippen MR) is 99.1 cm³/mol. The van der Waals surface area contributed by atoms with Gasteiger partial charge in [0.2, 0.25) is 0 Å². The van der Waals surface area contributed by atoms with E-state index in [4.69, 9.17) is 0 Å². The molecule has 136 valence electrons. The fourth-order valence-electron chi connectivity index (χ4n) is 3.72. The van der Waals surface area contributed by atoms with E-state index in [1.807, 2.05) is 31.1 Å². The lowest BCUT2D eigenvalue weighted by atomic mass is 9.92. The van der Waals surface area contributed by atoms with Crippen molar-refractivity contribution in [1.29, 1.82) is 0 Å². The minimum Gasteiger partial charge on any atom is -0.354 e. The molecule has 8 nitrogen and oxygen atoms in total. The second-order valence-corrected chi connectivity index (χ2v) is 7.07. The van der Waals surface area contributed by atoms with Crippen LogP contribution >= 0.6 is 0 Å². The average Bonchev–Trinajstić information content (AvgIpc) is 3.29. The Morgan fingerprint density at radius 1 is 1.38 bits per heavy atom. The third kappa shape index (κ3) is 2.81. The Morgan fingerprint density at radius 3 is 3.00 bits per heavy atom. The molecule has 4 rings (SSSR count). The smallest absolute Gasteiger partial charge is 0.274 e. The highest BCUT2D eigenvalue weighted by atomic mass is 16.2. The lowest BCUT2D eigenvalue weighted by Crippen LogP contribution is -2.53. The molecule has 3 aromatic rings. The van der Waals surface area contributed by atoms with Crippen LogP contribution < -0.4 is 4.90 Å². The van der Waals surface area contributed by atoms with Gasteiger partial charge in [-0.05, 0) is 31.4 Å². The number of hydrogen-bond acceptors (Lipinski definition) is 5. The van der Waals surface area contributed by atoms with E-state index < -0.39 is 0 Å². The highest BCUT2D eigenvalue weighted by Crippen LogP contribution is 2.29. The van der Waals surface area contributed by atoms with E-state index in [-0.39, 0.29) is 11.9 Å². The molecule has 1 fully saturated rings. The summed E-state index contributed by atoms with van der Waals surface area (Å²) in [6.07, 6.45) is 4.40. The van der Waals surface area contributed by atoms with Crippen LogP contribution in [0.25, 0.3) is 11.0 Å². The highest BCUT2D eigenvalue weighted by Gasteiger charge is 2.33. The summed E-state index contributed by atoms with van der Waals surface area (Å²) in [7, 11) is 2.04. The summed E-state index contributed by atoms with van der Waals surface area (Å²) >= 11 is 0. The highest BCUT2D eigenvalue weighted by molar-refractivity contribution is 5.92. The second kappa shape index (κ2) is 6.44. The number of fused-ring (bicyclic) bond motifs is 1. The van der Waals surface area contributed by atoms with Crippen molar-refractivity contribution in [2.75, 3.05) is 25.0 Å². The van der Waals surface area contributed by atoms with Gasteiger partial charge >= 0.3 is 0 Å². The van der Waals surface area contributed by atoms with Gasteiger partial charge in [-0.15, -0.1) is 0 Å². The molecular weight excluding hydrogens is 330 g/mol. The van der Waals surface area contributed by atoms with E-state index in [1.165, 1.54) is 0 Å². The van der Waals surface area contributed by atoms with E-state index in [9.17, 15) is 4.79 Å². The van der Waals surface area contributed by atoms with Crippen LogP contribution in [0.2, 0.25) is 0 Å². The molecule has 3 aromatic heterocycles. The number of aryl methyl sites for hydroxylation is 1. The van der Waals surface area contributed by atoms with Crippen molar-refractivity contribution < 1.29 is 4.79 Å². The van der Waals surface area contributed by atoms with Crippen LogP contribution in [0.15, 0.2) is 24.7 Å². The molecule has 8 heteroatoms. The molecule has 0 spiro atoms. The Hall–Kier alpha value is -2.90. The molecule has 1 amide bonds. The fraction of sp³-hybridized carbons (Fsp3) is 0.444. The van der Waals surface area contributed by atoms with Crippen LogP contribution in [0.1, 0.15) is 29.5 Å². The van der Waals surface area contributed by atoms with Crippen molar-refractivity contribution in [2.24, 2.45) is 5.92 Å². The number of carbonyl (C=O) groups is 1. The summed E-state index contributed by atoms with van der Waals surface area (Å²) in [4.78, 5) is 28.7. The third-order valence-corrected chi connectivity index (χ3v) is 5.30. The molecular formula is C18H23N7O. The van der Waals surface area contributed by atoms with E-state index >= 15 is 0 Å². The number of carbonyl (C=O) groups excluding carboxylic acids is 1. The molecule has 26 heavy (non-hydrogen) atoms. The number of rotatable bonds is 3. The standard InChI is InChI=1S/C18H23N7O/c1-11-5-7-25(18(26)14-8-12(2)22-23-14)9-15(11)24(3)17-13-4-6-19-16(13)20-10-21-17/h4,6,8,10-11,15H,5,7,9H2,1-3H3,(H,22,23)(H,19,20,21). The summed E-state index contributed by atoms with van der Waals surface area (Å²) in [5.74, 6) is 1.32. The summed E-state index contributed by atoms with van der Waals surface area (Å²) < 4.78 is 0. The van der Waals surface area contributed by atoms with Crippen molar-refractivity contribution in [3.8, 4) is 0 Å². The Labute approximate surface area is 151 Å². The number of amides is 1. The number of nitrogens with one attached hydrogen (secondary N) is 2. The average molecular weight is 353 g/mol. The third-order valence-electron chi connectivity index (χ3n) is 5.30. The first-order valence-corrected chi connectivity index (χ1v) is 8.87. The van der Waals surface area contributed by atoms with Crippen molar-refractivity contribution in [1.82, 2.24) is 30.0 Å². The lowest BCUT2D eigenvalue weighted by molar-refractivity contribution is 0.0664. The normalized spacial score (nSPS) is 20.5. The molecule has 2 unspecified atom stereocenters. The zero-order valence-corrected chi connectivity index (χ0v) is 15.2.